The lowest BCUT2D eigenvalue weighted by Gasteiger charge is -2.38. The number of carbonyl (C=O) groups is 1. The zero-order valence-corrected chi connectivity index (χ0v) is 17.8. The predicted molar refractivity (Wildman–Crippen MR) is 114 cm³/mol. The van der Waals surface area contributed by atoms with Crippen LogP contribution in [0, 0.1) is 11.8 Å². The Morgan fingerprint density at radius 2 is 1.93 bits per heavy atom. The molecule has 0 radical (unpaired) electrons. The maximum absolute atomic E-state index is 13.1. The number of hydrogen-bond acceptors (Lipinski definition) is 6. The van der Waals surface area contributed by atoms with Gasteiger partial charge in [0.2, 0.25) is 17.6 Å². The molecule has 30 heavy (non-hydrogen) atoms. The van der Waals surface area contributed by atoms with Gasteiger partial charge in [-0.05, 0) is 56.6 Å². The van der Waals surface area contributed by atoms with Crippen LogP contribution in [0.25, 0.3) is 11.4 Å². The fourth-order valence-corrected chi connectivity index (χ4v) is 4.85. The van der Waals surface area contributed by atoms with Crippen LogP contribution in [-0.4, -0.2) is 52.1 Å². The fraction of sp³-hybridized carbons (Fsp3) is 0.652. The molecular weight excluding hydrogens is 378 g/mol. The smallest absolute Gasteiger partial charge is 0.230 e. The summed E-state index contributed by atoms with van der Waals surface area (Å²) in [5.74, 6) is 3.72. The van der Waals surface area contributed by atoms with Crippen LogP contribution in [0.2, 0.25) is 0 Å². The zero-order chi connectivity index (χ0) is 20.5. The Bertz CT molecular complexity index is 885. The monoisotopic (exact) mass is 409 g/mol. The number of piperidine rings is 2. The molecule has 5 rings (SSSR count). The van der Waals surface area contributed by atoms with Crippen LogP contribution in [0.1, 0.15) is 63.7 Å². The molecular formula is C23H31N5O2. The lowest BCUT2D eigenvalue weighted by molar-refractivity contribution is -0.137. The Labute approximate surface area is 177 Å². The van der Waals surface area contributed by atoms with Gasteiger partial charge in [0.05, 0.1) is 11.5 Å². The minimum atomic E-state index is 0.0396. The van der Waals surface area contributed by atoms with Crippen LogP contribution in [0.5, 0.6) is 0 Å². The van der Waals surface area contributed by atoms with E-state index < -0.39 is 0 Å². The van der Waals surface area contributed by atoms with Crippen molar-refractivity contribution in [2.75, 3.05) is 31.1 Å². The van der Waals surface area contributed by atoms with Crippen molar-refractivity contribution in [2.24, 2.45) is 11.8 Å². The van der Waals surface area contributed by atoms with Gasteiger partial charge in [-0.2, -0.15) is 4.98 Å². The van der Waals surface area contributed by atoms with E-state index in [4.69, 9.17) is 4.52 Å². The Kier molecular flexibility index (Phi) is 5.44. The number of pyridine rings is 1. The minimum Gasteiger partial charge on any atom is -0.355 e. The highest BCUT2D eigenvalue weighted by Crippen LogP contribution is 2.37. The van der Waals surface area contributed by atoms with Crippen LogP contribution in [-0.2, 0) is 4.79 Å². The standard InChI is InChI=1S/C23H31N5O2/c1-16-9-13-27(14-10-16)23(29)18-7-4-12-28(15-18)21-19(8-3-11-24-21)20-25-22(30-26-20)17-5-2-6-17/h3,8,11,16-18H,2,4-7,9-10,12-15H2,1H3. The van der Waals surface area contributed by atoms with Crippen LogP contribution >= 0.6 is 0 Å². The van der Waals surface area contributed by atoms with Gasteiger partial charge >= 0.3 is 0 Å². The number of rotatable bonds is 4. The number of anilines is 1. The summed E-state index contributed by atoms with van der Waals surface area (Å²) in [6, 6.07) is 3.93. The largest absolute Gasteiger partial charge is 0.355 e. The summed E-state index contributed by atoms with van der Waals surface area (Å²) < 4.78 is 5.54. The quantitative estimate of drug-likeness (QED) is 0.763. The molecule has 4 heterocycles. The molecule has 0 spiro atoms. The fourth-order valence-electron chi connectivity index (χ4n) is 4.85. The van der Waals surface area contributed by atoms with Gasteiger partial charge in [-0.3, -0.25) is 4.79 Å². The van der Waals surface area contributed by atoms with Crippen LogP contribution < -0.4 is 4.90 Å². The molecule has 7 nitrogen and oxygen atoms in total. The number of carbonyl (C=O) groups excluding carboxylic acids is 1. The van der Waals surface area contributed by atoms with E-state index in [0.717, 1.165) is 81.3 Å². The first-order chi connectivity index (χ1) is 14.7. The molecule has 3 aliphatic rings. The molecule has 2 aromatic heterocycles. The van der Waals surface area contributed by atoms with Gasteiger partial charge in [0.15, 0.2) is 0 Å². The average Bonchev–Trinajstić information content (AvgIpc) is 3.22. The molecule has 160 valence electrons. The van der Waals surface area contributed by atoms with E-state index in [1.807, 2.05) is 18.3 Å². The Hall–Kier alpha value is -2.44. The molecule has 1 atom stereocenters. The first kappa shape index (κ1) is 19.5. The average molecular weight is 410 g/mol. The minimum absolute atomic E-state index is 0.0396. The molecule has 0 aromatic carbocycles. The van der Waals surface area contributed by atoms with E-state index in [-0.39, 0.29) is 5.92 Å². The molecule has 2 aliphatic heterocycles. The third kappa shape index (κ3) is 3.82. The summed E-state index contributed by atoms with van der Waals surface area (Å²) in [6.07, 6.45) is 9.50. The lowest BCUT2D eigenvalue weighted by atomic mass is 9.85. The van der Waals surface area contributed by atoms with Gasteiger partial charge < -0.3 is 14.3 Å². The van der Waals surface area contributed by atoms with Crippen molar-refractivity contribution < 1.29 is 9.32 Å². The highest BCUT2D eigenvalue weighted by molar-refractivity contribution is 5.80. The molecule has 3 fully saturated rings. The maximum Gasteiger partial charge on any atom is 0.230 e. The van der Waals surface area contributed by atoms with Crippen molar-refractivity contribution in [3.05, 3.63) is 24.2 Å². The van der Waals surface area contributed by atoms with E-state index in [9.17, 15) is 4.79 Å². The van der Waals surface area contributed by atoms with Gasteiger partial charge in [-0.15, -0.1) is 0 Å². The van der Waals surface area contributed by atoms with Gasteiger partial charge in [0, 0.05) is 38.3 Å². The van der Waals surface area contributed by atoms with E-state index in [0.29, 0.717) is 24.2 Å². The number of likely N-dealkylation sites (tertiary alicyclic amines) is 1. The van der Waals surface area contributed by atoms with E-state index >= 15 is 0 Å². The summed E-state index contributed by atoms with van der Waals surface area (Å²) in [5, 5.41) is 4.25. The van der Waals surface area contributed by atoms with E-state index in [1.165, 1.54) is 6.42 Å². The highest BCUT2D eigenvalue weighted by Gasteiger charge is 2.33. The number of hydrogen-bond donors (Lipinski definition) is 0. The molecule has 1 amide bonds. The molecule has 2 saturated heterocycles. The van der Waals surface area contributed by atoms with Crippen molar-refractivity contribution in [2.45, 2.75) is 57.8 Å². The van der Waals surface area contributed by atoms with E-state index in [1.54, 1.807) is 0 Å². The van der Waals surface area contributed by atoms with Crippen molar-refractivity contribution in [3.8, 4) is 11.4 Å². The summed E-state index contributed by atoms with van der Waals surface area (Å²) in [6.45, 7) is 5.69. The van der Waals surface area contributed by atoms with Crippen LogP contribution in [0.4, 0.5) is 5.82 Å². The lowest BCUT2D eigenvalue weighted by Crippen LogP contribution is -2.47. The number of aromatic nitrogens is 3. The third-order valence-electron chi connectivity index (χ3n) is 7.09. The number of amides is 1. The molecule has 1 aliphatic carbocycles. The summed E-state index contributed by atoms with van der Waals surface area (Å²) in [5.41, 5.74) is 0.895. The van der Waals surface area contributed by atoms with Crippen molar-refractivity contribution in [3.63, 3.8) is 0 Å². The molecule has 7 heteroatoms. The predicted octanol–water partition coefficient (Wildman–Crippen LogP) is 3.87. The normalized spacial score (nSPS) is 23.4. The first-order valence-electron chi connectivity index (χ1n) is 11.5. The van der Waals surface area contributed by atoms with Crippen LogP contribution in [0.15, 0.2) is 22.9 Å². The topological polar surface area (TPSA) is 75.4 Å². The van der Waals surface area contributed by atoms with Gasteiger partial charge in [-0.25, -0.2) is 4.98 Å². The maximum atomic E-state index is 13.1. The molecule has 0 N–H and O–H groups in total. The Balaban J connectivity index is 1.33. The first-order valence-corrected chi connectivity index (χ1v) is 11.5. The van der Waals surface area contributed by atoms with Gasteiger partial charge in [0.25, 0.3) is 0 Å². The summed E-state index contributed by atoms with van der Waals surface area (Å²) >= 11 is 0. The van der Waals surface area contributed by atoms with Gasteiger partial charge in [0.1, 0.15) is 5.82 Å². The molecule has 2 aromatic rings. The van der Waals surface area contributed by atoms with E-state index in [2.05, 4.69) is 31.8 Å². The summed E-state index contributed by atoms with van der Waals surface area (Å²) in [4.78, 5) is 26.8. The third-order valence-corrected chi connectivity index (χ3v) is 7.09. The van der Waals surface area contributed by atoms with Crippen molar-refractivity contribution in [1.29, 1.82) is 0 Å². The zero-order valence-electron chi connectivity index (χ0n) is 17.8. The number of nitrogens with zero attached hydrogens (tertiary/aromatic N) is 5. The summed E-state index contributed by atoms with van der Waals surface area (Å²) in [7, 11) is 0. The van der Waals surface area contributed by atoms with Crippen LogP contribution in [0.3, 0.4) is 0 Å². The molecule has 0 bridgehead atoms. The SMILES string of the molecule is CC1CCN(C(=O)C2CCCN(c3ncccc3-c3noc(C4CCC4)n3)C2)CC1. The highest BCUT2D eigenvalue weighted by atomic mass is 16.5. The second kappa shape index (κ2) is 8.36. The second-order valence-corrected chi connectivity index (χ2v) is 9.25. The van der Waals surface area contributed by atoms with Crippen molar-refractivity contribution >= 4 is 11.7 Å². The Morgan fingerprint density at radius 3 is 2.70 bits per heavy atom. The molecule has 1 saturated carbocycles. The van der Waals surface area contributed by atoms with Gasteiger partial charge in [-0.1, -0.05) is 18.5 Å². The van der Waals surface area contributed by atoms with Crippen molar-refractivity contribution in [1.82, 2.24) is 20.0 Å². The molecule has 1 unspecified atom stereocenters. The Morgan fingerprint density at radius 1 is 1.10 bits per heavy atom. The second-order valence-electron chi connectivity index (χ2n) is 9.25.